The zero-order valence-electron chi connectivity index (χ0n) is 17.7. The van der Waals surface area contributed by atoms with Crippen LogP contribution in [0.4, 0.5) is 5.69 Å². The van der Waals surface area contributed by atoms with Gasteiger partial charge in [-0.3, -0.25) is 15.6 Å². The van der Waals surface area contributed by atoms with Crippen LogP contribution in [0.3, 0.4) is 0 Å². The molecule has 1 amide bonds. The van der Waals surface area contributed by atoms with Gasteiger partial charge in [0, 0.05) is 11.4 Å². The molecule has 1 heterocycles. The topological polar surface area (TPSA) is 78.9 Å². The van der Waals surface area contributed by atoms with Crippen LogP contribution in [0.2, 0.25) is 0 Å². The van der Waals surface area contributed by atoms with Crippen molar-refractivity contribution in [3.05, 3.63) is 77.9 Å². The number of rotatable bonds is 7. The number of carbonyl (C=O) groups is 1. The summed E-state index contributed by atoms with van der Waals surface area (Å²) in [6.07, 6.45) is 0. The molecule has 0 radical (unpaired) electrons. The Hall–Kier alpha value is -2.66. The van der Waals surface area contributed by atoms with Gasteiger partial charge in [0.2, 0.25) is 5.91 Å². The molecule has 1 aromatic heterocycles. The van der Waals surface area contributed by atoms with E-state index in [0.717, 1.165) is 25.7 Å². The molecule has 3 N–H and O–H groups in total. The summed E-state index contributed by atoms with van der Waals surface area (Å²) < 4.78 is 1.64. The number of aromatic nitrogens is 2. The summed E-state index contributed by atoms with van der Waals surface area (Å²) in [7, 11) is 0. The zero-order valence-corrected chi connectivity index (χ0v) is 21.0. The Labute approximate surface area is 209 Å². The number of carbonyl (C=O) groups excluding carboxylic acids is 1. The molecular formula is C23H21N5OS4. The first-order chi connectivity index (χ1) is 16.1. The van der Waals surface area contributed by atoms with Crippen molar-refractivity contribution in [2.24, 2.45) is 0 Å². The van der Waals surface area contributed by atoms with E-state index < -0.39 is 0 Å². The highest BCUT2D eigenvalue weighted by Gasteiger charge is 2.10. The molecule has 0 aliphatic carbocycles. The fourth-order valence-electron chi connectivity index (χ4n) is 2.96. The third-order valence-electron chi connectivity index (χ3n) is 4.57. The van der Waals surface area contributed by atoms with Gasteiger partial charge in [-0.25, -0.2) is 0 Å². The van der Waals surface area contributed by atoms with Gasteiger partial charge in [0.25, 0.3) is 0 Å². The second-order valence-electron chi connectivity index (χ2n) is 7.04. The Balaban J connectivity index is 1.20. The monoisotopic (exact) mass is 511 g/mol. The third-order valence-corrected chi connectivity index (χ3v) is 8.01. The molecule has 0 saturated heterocycles. The van der Waals surface area contributed by atoms with Gasteiger partial charge < -0.3 is 5.32 Å². The minimum absolute atomic E-state index is 0.201. The Kier molecular flexibility index (Phi) is 8.16. The first-order valence-electron chi connectivity index (χ1n) is 10.0. The van der Waals surface area contributed by atoms with Crippen molar-refractivity contribution in [1.29, 1.82) is 0 Å². The average molecular weight is 512 g/mol. The van der Waals surface area contributed by atoms with Gasteiger partial charge in [0.15, 0.2) is 13.8 Å². The lowest BCUT2D eigenvalue weighted by Crippen LogP contribution is -2.44. The molecule has 6 nitrogen and oxygen atoms in total. The summed E-state index contributed by atoms with van der Waals surface area (Å²) in [5.74, 6) is 0.826. The maximum Gasteiger partial charge on any atom is 0.248 e. The summed E-state index contributed by atoms with van der Waals surface area (Å²) in [5.41, 5.74) is 8.58. The molecular weight excluding hydrogens is 491 g/mol. The average Bonchev–Trinajstić information content (AvgIpc) is 3.29. The normalized spacial score (nSPS) is 10.7. The number of nitrogens with one attached hydrogen (secondary N) is 3. The number of thiocarbonyl (C=S) groups is 1. The van der Waals surface area contributed by atoms with E-state index in [1.165, 1.54) is 39.4 Å². The molecule has 4 rings (SSSR count). The smallest absolute Gasteiger partial charge is 0.248 e. The lowest BCUT2D eigenvalue weighted by Gasteiger charge is -2.11. The van der Waals surface area contributed by atoms with Gasteiger partial charge in [-0.2, -0.15) is 0 Å². The number of fused-ring (bicyclic) bond motifs is 1. The molecule has 0 unspecified atom stereocenters. The van der Waals surface area contributed by atoms with Crippen molar-refractivity contribution in [2.75, 3.05) is 11.1 Å². The molecule has 0 bridgehead atoms. The minimum atomic E-state index is -0.201. The van der Waals surface area contributed by atoms with Crippen LogP contribution in [-0.4, -0.2) is 27.0 Å². The largest absolute Gasteiger partial charge is 0.331 e. The molecule has 0 aliphatic heterocycles. The van der Waals surface area contributed by atoms with Crippen LogP contribution in [-0.2, 0) is 10.5 Å². The maximum absolute atomic E-state index is 12.1. The van der Waals surface area contributed by atoms with E-state index in [9.17, 15) is 4.79 Å². The molecule has 0 spiro atoms. The molecule has 3 aromatic carbocycles. The number of aryl methyl sites for hydroxylation is 1. The van der Waals surface area contributed by atoms with E-state index in [1.54, 1.807) is 11.8 Å². The van der Waals surface area contributed by atoms with Crippen LogP contribution >= 0.6 is 47.1 Å². The van der Waals surface area contributed by atoms with Crippen molar-refractivity contribution in [3.8, 4) is 0 Å². The predicted octanol–water partition coefficient (Wildman–Crippen LogP) is 5.40. The van der Waals surface area contributed by atoms with Crippen molar-refractivity contribution in [3.63, 3.8) is 0 Å². The number of nitrogens with zero attached hydrogens (tertiary/aromatic N) is 2. The highest BCUT2D eigenvalue weighted by Crippen LogP contribution is 2.32. The van der Waals surface area contributed by atoms with Crippen molar-refractivity contribution in [2.45, 2.75) is 21.4 Å². The molecule has 0 aliphatic rings. The SMILES string of the molecule is Cc1ccc(NC(=S)NNC(=O)CSc2nnc(SCc3cccc4ccccc34)s2)cc1. The van der Waals surface area contributed by atoms with E-state index in [4.69, 9.17) is 12.2 Å². The zero-order chi connectivity index (χ0) is 23.0. The summed E-state index contributed by atoms with van der Waals surface area (Å²) in [6, 6.07) is 22.5. The molecule has 33 heavy (non-hydrogen) atoms. The van der Waals surface area contributed by atoms with Crippen LogP contribution in [0, 0.1) is 6.92 Å². The summed E-state index contributed by atoms with van der Waals surface area (Å²) in [5, 5.41) is 14.3. The highest BCUT2D eigenvalue weighted by molar-refractivity contribution is 8.03. The first kappa shape index (κ1) is 23.5. The van der Waals surface area contributed by atoms with Crippen molar-refractivity contribution in [1.82, 2.24) is 21.0 Å². The summed E-state index contributed by atoms with van der Waals surface area (Å²) in [6.45, 7) is 2.02. The number of anilines is 1. The van der Waals surface area contributed by atoms with Crippen LogP contribution in [0.15, 0.2) is 75.4 Å². The van der Waals surface area contributed by atoms with Gasteiger partial charge in [-0.15, -0.1) is 10.2 Å². The van der Waals surface area contributed by atoms with Crippen LogP contribution in [0.25, 0.3) is 10.8 Å². The Morgan fingerprint density at radius 1 is 0.939 bits per heavy atom. The number of hydrogen-bond acceptors (Lipinski definition) is 7. The molecule has 0 fully saturated rings. The Morgan fingerprint density at radius 2 is 1.67 bits per heavy atom. The summed E-state index contributed by atoms with van der Waals surface area (Å²) in [4.78, 5) is 12.1. The van der Waals surface area contributed by atoms with Crippen LogP contribution < -0.4 is 16.2 Å². The van der Waals surface area contributed by atoms with E-state index in [2.05, 4.69) is 62.8 Å². The first-order valence-corrected chi connectivity index (χ1v) is 13.2. The molecule has 168 valence electrons. The maximum atomic E-state index is 12.1. The van der Waals surface area contributed by atoms with Gasteiger partial charge in [0.05, 0.1) is 5.75 Å². The predicted molar refractivity (Wildman–Crippen MR) is 143 cm³/mol. The number of hydrazine groups is 1. The number of hydrogen-bond donors (Lipinski definition) is 3. The van der Waals surface area contributed by atoms with Gasteiger partial charge in [-0.1, -0.05) is 95.0 Å². The highest BCUT2D eigenvalue weighted by atomic mass is 32.2. The fourth-order valence-corrected chi connectivity index (χ4v) is 5.95. The second kappa shape index (κ2) is 11.5. The van der Waals surface area contributed by atoms with Gasteiger partial charge in [-0.05, 0) is 47.6 Å². The van der Waals surface area contributed by atoms with E-state index >= 15 is 0 Å². The fraction of sp³-hybridized carbons (Fsp3) is 0.130. The lowest BCUT2D eigenvalue weighted by molar-refractivity contribution is -0.119. The Bertz CT molecular complexity index is 1250. The van der Waals surface area contributed by atoms with Crippen LogP contribution in [0.1, 0.15) is 11.1 Å². The standard InChI is InChI=1S/C23H21N5OS4/c1-15-9-11-18(12-10-15)24-21(30)26-25-20(29)14-32-23-28-27-22(33-23)31-13-17-7-4-6-16-5-2-3-8-19(16)17/h2-12H,13-14H2,1H3,(H,25,29)(H2,24,26,30). The van der Waals surface area contributed by atoms with Gasteiger partial charge in [0.1, 0.15) is 0 Å². The second-order valence-corrected chi connectivity index (χ2v) is 10.9. The molecule has 4 aromatic rings. The van der Waals surface area contributed by atoms with Crippen LogP contribution in [0.5, 0.6) is 0 Å². The minimum Gasteiger partial charge on any atom is -0.331 e. The number of thioether (sulfide) groups is 2. The van der Waals surface area contributed by atoms with Crippen molar-refractivity contribution >= 4 is 74.6 Å². The Morgan fingerprint density at radius 3 is 2.48 bits per heavy atom. The molecule has 0 saturated carbocycles. The van der Waals surface area contributed by atoms with E-state index in [-0.39, 0.29) is 11.7 Å². The van der Waals surface area contributed by atoms with E-state index in [0.29, 0.717) is 5.11 Å². The van der Waals surface area contributed by atoms with E-state index in [1.807, 2.05) is 37.3 Å². The molecule has 10 heteroatoms. The summed E-state index contributed by atoms with van der Waals surface area (Å²) >= 11 is 9.69. The number of benzene rings is 3. The van der Waals surface area contributed by atoms with Crippen molar-refractivity contribution < 1.29 is 4.79 Å². The third kappa shape index (κ3) is 6.91. The lowest BCUT2D eigenvalue weighted by atomic mass is 10.1. The number of amides is 1. The molecule has 0 atom stereocenters. The van der Waals surface area contributed by atoms with Gasteiger partial charge >= 0.3 is 0 Å². The quantitative estimate of drug-likeness (QED) is 0.173.